The molecule has 0 spiro atoms. The summed E-state index contributed by atoms with van der Waals surface area (Å²) in [6.45, 7) is 10.7. The number of carbonyl (C=O) groups is 1. The Morgan fingerprint density at radius 2 is 1.80 bits per heavy atom. The fraction of sp³-hybridized carbons (Fsp3) is 0.632. The van der Waals surface area contributed by atoms with Crippen LogP contribution in [0.25, 0.3) is 0 Å². The molecule has 2 atom stereocenters. The van der Waals surface area contributed by atoms with Crippen molar-refractivity contribution in [2.45, 2.75) is 45.4 Å². The van der Waals surface area contributed by atoms with Gasteiger partial charge < -0.3 is 19.5 Å². The molecule has 1 saturated heterocycles. The van der Waals surface area contributed by atoms with Crippen LogP contribution in [0.5, 0.6) is 11.5 Å². The molecule has 25 heavy (non-hydrogen) atoms. The molecule has 0 bridgehead atoms. The van der Waals surface area contributed by atoms with E-state index in [0.717, 1.165) is 13.1 Å². The summed E-state index contributed by atoms with van der Waals surface area (Å²) in [4.78, 5) is 14.9. The van der Waals surface area contributed by atoms with Crippen LogP contribution in [0.15, 0.2) is 18.2 Å². The maximum atomic E-state index is 12.5. The van der Waals surface area contributed by atoms with Crippen molar-refractivity contribution < 1.29 is 19.0 Å². The number of nitrogens with one attached hydrogen (secondary N) is 1. The first-order valence-electron chi connectivity index (χ1n) is 8.67. The van der Waals surface area contributed by atoms with E-state index in [1.807, 2.05) is 0 Å². The van der Waals surface area contributed by atoms with Gasteiger partial charge in [-0.1, -0.05) is 0 Å². The molecule has 2 unspecified atom stereocenters. The number of morpholine rings is 1. The van der Waals surface area contributed by atoms with E-state index in [-0.39, 0.29) is 23.7 Å². The van der Waals surface area contributed by atoms with E-state index in [2.05, 4.69) is 37.9 Å². The summed E-state index contributed by atoms with van der Waals surface area (Å²) >= 11 is 0. The van der Waals surface area contributed by atoms with Crippen LogP contribution in [0, 0.1) is 0 Å². The Morgan fingerprint density at radius 3 is 2.36 bits per heavy atom. The van der Waals surface area contributed by atoms with Crippen molar-refractivity contribution in [3.05, 3.63) is 23.8 Å². The lowest BCUT2D eigenvalue weighted by Crippen LogP contribution is -2.58. The first-order valence-corrected chi connectivity index (χ1v) is 8.67. The van der Waals surface area contributed by atoms with E-state index in [9.17, 15) is 4.79 Å². The molecule has 1 aliphatic rings. The van der Waals surface area contributed by atoms with Crippen LogP contribution in [-0.4, -0.2) is 62.4 Å². The van der Waals surface area contributed by atoms with Gasteiger partial charge in [0.1, 0.15) is 0 Å². The largest absolute Gasteiger partial charge is 0.493 e. The minimum atomic E-state index is -0.154. The average Bonchev–Trinajstić information content (AvgIpc) is 2.58. The van der Waals surface area contributed by atoms with Crippen molar-refractivity contribution in [1.29, 1.82) is 0 Å². The second-order valence-corrected chi connectivity index (χ2v) is 7.23. The number of amides is 1. The van der Waals surface area contributed by atoms with Crippen LogP contribution in [0.4, 0.5) is 0 Å². The van der Waals surface area contributed by atoms with E-state index < -0.39 is 0 Å². The molecule has 1 amide bonds. The number of rotatable bonds is 6. The summed E-state index contributed by atoms with van der Waals surface area (Å²) in [6.07, 6.45) is 0.397. The first kappa shape index (κ1) is 19.5. The second kappa shape index (κ2) is 8.06. The van der Waals surface area contributed by atoms with Crippen LogP contribution >= 0.6 is 0 Å². The number of carbonyl (C=O) groups excluding carboxylic acids is 1. The Labute approximate surface area is 150 Å². The van der Waals surface area contributed by atoms with Crippen LogP contribution in [0.3, 0.4) is 0 Å². The molecular formula is C19H30N2O4. The lowest BCUT2D eigenvalue weighted by atomic mass is 10.00. The van der Waals surface area contributed by atoms with Crippen LogP contribution in [-0.2, 0) is 4.74 Å². The summed E-state index contributed by atoms with van der Waals surface area (Å²) in [5, 5.41) is 3.04. The summed E-state index contributed by atoms with van der Waals surface area (Å²) in [6, 6.07) is 5.17. The average molecular weight is 350 g/mol. The van der Waals surface area contributed by atoms with Crippen molar-refractivity contribution in [2.75, 3.05) is 33.9 Å². The first-order chi connectivity index (χ1) is 11.8. The van der Waals surface area contributed by atoms with Crippen LogP contribution in [0.1, 0.15) is 38.1 Å². The molecule has 1 aromatic rings. The molecule has 140 valence electrons. The Hall–Kier alpha value is -1.79. The van der Waals surface area contributed by atoms with Gasteiger partial charge in [0.2, 0.25) is 0 Å². The van der Waals surface area contributed by atoms with Gasteiger partial charge in [0, 0.05) is 30.7 Å². The number of hydrogen-bond donors (Lipinski definition) is 1. The van der Waals surface area contributed by atoms with Gasteiger partial charge in [-0.2, -0.15) is 0 Å². The normalized spacial score (nSPS) is 21.7. The molecule has 6 nitrogen and oxygen atoms in total. The predicted molar refractivity (Wildman–Crippen MR) is 97.5 cm³/mol. The minimum Gasteiger partial charge on any atom is -0.493 e. The molecule has 0 radical (unpaired) electrons. The predicted octanol–water partition coefficient (Wildman–Crippen LogP) is 2.32. The highest BCUT2D eigenvalue weighted by Crippen LogP contribution is 2.27. The molecule has 1 heterocycles. The summed E-state index contributed by atoms with van der Waals surface area (Å²) in [7, 11) is 3.13. The Bertz CT molecular complexity index is 593. The second-order valence-electron chi connectivity index (χ2n) is 7.23. The third-order valence-electron chi connectivity index (χ3n) is 4.60. The van der Waals surface area contributed by atoms with Crippen molar-refractivity contribution in [3.8, 4) is 11.5 Å². The number of methoxy groups -OCH3 is 2. The van der Waals surface area contributed by atoms with Crippen molar-refractivity contribution in [3.63, 3.8) is 0 Å². The highest BCUT2D eigenvalue weighted by atomic mass is 16.5. The van der Waals surface area contributed by atoms with Gasteiger partial charge in [-0.15, -0.1) is 0 Å². The molecule has 1 aliphatic heterocycles. The van der Waals surface area contributed by atoms with Crippen LogP contribution < -0.4 is 14.8 Å². The van der Waals surface area contributed by atoms with E-state index >= 15 is 0 Å². The van der Waals surface area contributed by atoms with Gasteiger partial charge in [0.15, 0.2) is 11.5 Å². The number of hydrogen-bond acceptors (Lipinski definition) is 5. The third kappa shape index (κ3) is 4.86. The molecule has 1 aromatic carbocycles. The maximum Gasteiger partial charge on any atom is 0.251 e. The summed E-state index contributed by atoms with van der Waals surface area (Å²) < 4.78 is 16.3. The molecule has 0 saturated carbocycles. The molecular weight excluding hydrogens is 320 g/mol. The van der Waals surface area contributed by atoms with Gasteiger partial charge in [0.25, 0.3) is 5.91 Å². The molecule has 1 N–H and O–H groups in total. The highest BCUT2D eigenvalue weighted by Gasteiger charge is 2.33. The van der Waals surface area contributed by atoms with E-state index in [4.69, 9.17) is 14.2 Å². The van der Waals surface area contributed by atoms with Gasteiger partial charge in [-0.05, 0) is 45.9 Å². The molecule has 0 aliphatic carbocycles. The van der Waals surface area contributed by atoms with Crippen molar-refractivity contribution in [1.82, 2.24) is 10.2 Å². The molecule has 2 rings (SSSR count). The zero-order chi connectivity index (χ0) is 18.6. The maximum absolute atomic E-state index is 12.5. The van der Waals surface area contributed by atoms with Crippen LogP contribution in [0.2, 0.25) is 0 Å². The number of benzene rings is 1. The SMILES string of the molecule is COc1ccc(C(=O)NCC(C)(C)N2CC(C)OC(C)C2)cc1OC. The number of ether oxygens (including phenoxy) is 3. The van der Waals surface area contributed by atoms with Gasteiger partial charge in [0.05, 0.1) is 26.4 Å². The van der Waals surface area contributed by atoms with E-state index in [0.29, 0.717) is 23.6 Å². The standard InChI is InChI=1S/C19H30N2O4/c1-13-10-21(11-14(2)25-13)19(3,4)12-20-18(22)15-7-8-16(23-5)17(9-15)24-6/h7-9,13-14H,10-12H2,1-6H3,(H,20,22). The quantitative estimate of drug-likeness (QED) is 0.853. The molecule has 6 heteroatoms. The molecule has 1 fully saturated rings. The smallest absolute Gasteiger partial charge is 0.251 e. The highest BCUT2D eigenvalue weighted by molar-refractivity contribution is 5.94. The van der Waals surface area contributed by atoms with E-state index in [1.165, 1.54) is 0 Å². The van der Waals surface area contributed by atoms with E-state index in [1.54, 1.807) is 32.4 Å². The Balaban J connectivity index is 2.01. The van der Waals surface area contributed by atoms with Gasteiger partial charge >= 0.3 is 0 Å². The van der Waals surface area contributed by atoms with Crippen molar-refractivity contribution in [2.24, 2.45) is 0 Å². The summed E-state index contributed by atoms with van der Waals surface area (Å²) in [5.74, 6) is 1.03. The van der Waals surface area contributed by atoms with Crippen molar-refractivity contribution >= 4 is 5.91 Å². The lowest BCUT2D eigenvalue weighted by molar-refractivity contribution is -0.0948. The van der Waals surface area contributed by atoms with Gasteiger partial charge in [-0.3, -0.25) is 9.69 Å². The zero-order valence-corrected chi connectivity index (χ0v) is 16.1. The lowest BCUT2D eigenvalue weighted by Gasteiger charge is -2.45. The summed E-state index contributed by atoms with van der Waals surface area (Å²) in [5.41, 5.74) is 0.399. The topological polar surface area (TPSA) is 60.0 Å². The number of nitrogens with zero attached hydrogens (tertiary/aromatic N) is 1. The third-order valence-corrected chi connectivity index (χ3v) is 4.60. The minimum absolute atomic E-state index is 0.122. The fourth-order valence-corrected chi connectivity index (χ4v) is 3.16. The Morgan fingerprint density at radius 1 is 1.20 bits per heavy atom. The Kier molecular flexibility index (Phi) is 6.30. The zero-order valence-electron chi connectivity index (χ0n) is 16.1. The monoisotopic (exact) mass is 350 g/mol. The fourth-order valence-electron chi connectivity index (χ4n) is 3.16. The molecule has 0 aromatic heterocycles. The van der Waals surface area contributed by atoms with Gasteiger partial charge in [-0.25, -0.2) is 0 Å².